The van der Waals surface area contributed by atoms with Gasteiger partial charge in [-0.05, 0) is 26.0 Å². The monoisotopic (exact) mass is 333 g/mol. The molecule has 3 nitrogen and oxygen atoms in total. The molecule has 1 aromatic carbocycles. The molecule has 0 aromatic heterocycles. The Labute approximate surface area is 135 Å². The van der Waals surface area contributed by atoms with Gasteiger partial charge < -0.3 is 0 Å². The Bertz CT molecular complexity index is 723. The quantitative estimate of drug-likeness (QED) is 0.627. The van der Waals surface area contributed by atoms with Crippen molar-refractivity contribution in [1.29, 1.82) is 0 Å². The number of benzene rings is 1. The van der Waals surface area contributed by atoms with Crippen LogP contribution in [0.1, 0.15) is 12.5 Å². The summed E-state index contributed by atoms with van der Waals surface area (Å²) in [5.74, 6) is 8.58. The summed E-state index contributed by atoms with van der Waals surface area (Å²) in [6.45, 7) is 10.4. The van der Waals surface area contributed by atoms with Crippen LogP contribution in [0.2, 0.25) is 19.6 Å². The summed E-state index contributed by atoms with van der Waals surface area (Å²) in [7, 11) is -5.08. The lowest BCUT2D eigenvalue weighted by Gasteiger charge is -2.17. The summed E-state index contributed by atoms with van der Waals surface area (Å²) in [4.78, 5) is 0.283. The van der Waals surface area contributed by atoms with Gasteiger partial charge in [0.05, 0.1) is 18.0 Å². The molecule has 0 amide bonds. The van der Waals surface area contributed by atoms with Crippen LogP contribution in [0.15, 0.2) is 29.2 Å². The second-order valence-electron chi connectivity index (χ2n) is 6.06. The van der Waals surface area contributed by atoms with Crippen LogP contribution in [0.25, 0.3) is 0 Å². The van der Waals surface area contributed by atoms with Crippen LogP contribution in [0.3, 0.4) is 0 Å². The van der Waals surface area contributed by atoms with Crippen LogP contribution in [0, 0.1) is 30.2 Å². The van der Waals surface area contributed by atoms with E-state index in [0.29, 0.717) is 0 Å². The SMILES string of the molecule is CC#CCN(CC#C[Si](C)(C)C)S(=O)(=O)c1ccc(C)cc1. The van der Waals surface area contributed by atoms with Crippen LogP contribution in [0.4, 0.5) is 0 Å². The van der Waals surface area contributed by atoms with Gasteiger partial charge in [-0.3, -0.25) is 0 Å². The predicted octanol–water partition coefficient (Wildman–Crippen LogP) is 2.89. The summed E-state index contributed by atoms with van der Waals surface area (Å²) in [6, 6.07) is 6.85. The van der Waals surface area contributed by atoms with E-state index in [2.05, 4.69) is 42.9 Å². The van der Waals surface area contributed by atoms with Crippen molar-refractivity contribution in [3.8, 4) is 23.3 Å². The van der Waals surface area contributed by atoms with Crippen molar-refractivity contribution < 1.29 is 8.42 Å². The molecule has 1 aromatic rings. The maximum atomic E-state index is 12.7. The third kappa shape index (κ3) is 5.69. The summed E-state index contributed by atoms with van der Waals surface area (Å²) in [5, 5.41) is 0. The van der Waals surface area contributed by atoms with Crippen molar-refractivity contribution in [3.05, 3.63) is 29.8 Å². The zero-order valence-corrected chi connectivity index (χ0v) is 15.7. The molecule has 0 saturated heterocycles. The van der Waals surface area contributed by atoms with Gasteiger partial charge in [-0.25, -0.2) is 8.42 Å². The van der Waals surface area contributed by atoms with Crippen LogP contribution in [0.5, 0.6) is 0 Å². The maximum absolute atomic E-state index is 12.7. The van der Waals surface area contributed by atoms with Crippen LogP contribution < -0.4 is 0 Å². The van der Waals surface area contributed by atoms with Gasteiger partial charge in [0, 0.05) is 0 Å². The maximum Gasteiger partial charge on any atom is 0.244 e. The number of sulfonamides is 1. The predicted molar refractivity (Wildman–Crippen MR) is 94.5 cm³/mol. The van der Waals surface area contributed by atoms with Gasteiger partial charge in [-0.15, -0.1) is 11.5 Å². The fourth-order valence-corrected chi connectivity index (χ4v) is 3.50. The number of hydrogen-bond donors (Lipinski definition) is 0. The van der Waals surface area contributed by atoms with E-state index in [-0.39, 0.29) is 18.0 Å². The molecule has 118 valence electrons. The first-order valence-corrected chi connectivity index (χ1v) is 12.1. The minimum Gasteiger partial charge on any atom is -0.207 e. The first-order chi connectivity index (χ1) is 10.2. The zero-order valence-electron chi connectivity index (χ0n) is 13.9. The van der Waals surface area contributed by atoms with Crippen LogP contribution >= 0.6 is 0 Å². The molecule has 0 fully saturated rings. The minimum absolute atomic E-state index is 0.160. The Morgan fingerprint density at radius 1 is 1.05 bits per heavy atom. The van der Waals surface area contributed by atoms with E-state index in [1.807, 2.05) is 6.92 Å². The molecule has 0 N–H and O–H groups in total. The molecule has 0 bridgehead atoms. The van der Waals surface area contributed by atoms with Gasteiger partial charge >= 0.3 is 0 Å². The normalized spacial score (nSPS) is 11.4. The van der Waals surface area contributed by atoms with E-state index < -0.39 is 18.1 Å². The van der Waals surface area contributed by atoms with Gasteiger partial charge in [-0.1, -0.05) is 49.2 Å². The molecule has 0 atom stereocenters. The van der Waals surface area contributed by atoms with Crippen molar-refractivity contribution in [2.24, 2.45) is 0 Å². The van der Waals surface area contributed by atoms with Crippen LogP contribution in [-0.2, 0) is 10.0 Å². The number of hydrogen-bond acceptors (Lipinski definition) is 2. The summed E-state index contributed by atoms with van der Waals surface area (Å²) in [6.07, 6.45) is 0. The smallest absolute Gasteiger partial charge is 0.207 e. The van der Waals surface area contributed by atoms with E-state index in [0.717, 1.165) is 5.56 Å². The Kier molecular flexibility index (Phi) is 6.43. The molecule has 0 unspecified atom stereocenters. The third-order valence-electron chi connectivity index (χ3n) is 2.81. The third-order valence-corrected chi connectivity index (χ3v) is 5.54. The molecular weight excluding hydrogens is 310 g/mol. The molecule has 0 saturated carbocycles. The average molecular weight is 334 g/mol. The van der Waals surface area contributed by atoms with E-state index in [9.17, 15) is 8.42 Å². The lowest BCUT2D eigenvalue weighted by atomic mass is 10.2. The first kappa shape index (κ1) is 18.5. The fourth-order valence-electron chi connectivity index (χ4n) is 1.65. The number of aryl methyl sites for hydroxylation is 1. The van der Waals surface area contributed by atoms with Gasteiger partial charge in [-0.2, -0.15) is 4.31 Å². The lowest BCUT2D eigenvalue weighted by Crippen LogP contribution is -2.32. The van der Waals surface area contributed by atoms with Crippen molar-refractivity contribution in [2.75, 3.05) is 13.1 Å². The van der Waals surface area contributed by atoms with E-state index in [4.69, 9.17) is 0 Å². The minimum atomic E-state index is -3.56. The summed E-state index contributed by atoms with van der Waals surface area (Å²) < 4.78 is 26.7. The van der Waals surface area contributed by atoms with Crippen molar-refractivity contribution in [1.82, 2.24) is 4.31 Å². The van der Waals surface area contributed by atoms with Gasteiger partial charge in [0.25, 0.3) is 0 Å². The van der Waals surface area contributed by atoms with Gasteiger partial charge in [0.15, 0.2) is 0 Å². The van der Waals surface area contributed by atoms with Crippen molar-refractivity contribution >= 4 is 18.1 Å². The topological polar surface area (TPSA) is 37.4 Å². The largest absolute Gasteiger partial charge is 0.244 e. The number of nitrogens with zero attached hydrogens (tertiary/aromatic N) is 1. The molecule has 0 radical (unpaired) electrons. The second kappa shape index (κ2) is 7.65. The number of rotatable bonds is 4. The molecule has 0 heterocycles. The fraction of sp³-hybridized carbons (Fsp3) is 0.412. The highest BCUT2D eigenvalue weighted by Gasteiger charge is 2.23. The molecule has 1 rings (SSSR count). The zero-order chi connectivity index (χ0) is 16.8. The molecule has 5 heteroatoms. The lowest BCUT2D eigenvalue weighted by molar-refractivity contribution is 0.482. The molecule has 0 aliphatic heterocycles. The molecule has 22 heavy (non-hydrogen) atoms. The molecule has 0 aliphatic rings. The highest BCUT2D eigenvalue weighted by Crippen LogP contribution is 2.15. The van der Waals surface area contributed by atoms with Gasteiger partial charge in [0.2, 0.25) is 10.0 Å². The highest BCUT2D eigenvalue weighted by molar-refractivity contribution is 7.89. The van der Waals surface area contributed by atoms with E-state index in [1.165, 1.54) is 4.31 Å². The Hall–Kier alpha value is -1.53. The Morgan fingerprint density at radius 2 is 1.59 bits per heavy atom. The van der Waals surface area contributed by atoms with Crippen molar-refractivity contribution in [3.63, 3.8) is 0 Å². The average Bonchev–Trinajstić information content (AvgIpc) is 2.41. The molecule has 0 aliphatic carbocycles. The standard InChI is InChI=1S/C17H23NO2SSi/c1-6-7-13-18(14-8-15-22(3,4)5)21(19,20)17-11-9-16(2)10-12-17/h9-12H,13-14H2,1-5H3. The first-order valence-electron chi connectivity index (χ1n) is 7.13. The molecule has 0 spiro atoms. The Morgan fingerprint density at radius 3 is 2.09 bits per heavy atom. The van der Waals surface area contributed by atoms with Crippen molar-refractivity contribution in [2.45, 2.75) is 38.4 Å². The van der Waals surface area contributed by atoms with E-state index >= 15 is 0 Å². The van der Waals surface area contributed by atoms with Crippen LogP contribution in [-0.4, -0.2) is 33.9 Å². The second-order valence-corrected chi connectivity index (χ2v) is 12.8. The van der Waals surface area contributed by atoms with Gasteiger partial charge in [0.1, 0.15) is 8.07 Å². The Balaban J connectivity index is 3.10. The summed E-state index contributed by atoms with van der Waals surface area (Å²) >= 11 is 0. The highest BCUT2D eigenvalue weighted by atomic mass is 32.2. The molecular formula is C17H23NO2SSi. The summed E-state index contributed by atoms with van der Waals surface area (Å²) in [5.41, 5.74) is 4.22. The van der Waals surface area contributed by atoms with E-state index in [1.54, 1.807) is 31.2 Å².